The van der Waals surface area contributed by atoms with E-state index in [4.69, 9.17) is 0 Å². The number of nitrogens with zero attached hydrogens (tertiary/aromatic N) is 2. The third-order valence-electron chi connectivity index (χ3n) is 5.97. The first kappa shape index (κ1) is 20.3. The predicted octanol–water partition coefficient (Wildman–Crippen LogP) is 4.32. The van der Waals surface area contributed by atoms with Crippen LogP contribution in [0, 0.1) is 5.41 Å². The molecule has 2 heterocycles. The predicted molar refractivity (Wildman–Crippen MR) is 121 cm³/mol. The monoisotopic (exact) mass is 399 g/mol. The highest BCUT2D eigenvalue weighted by molar-refractivity contribution is 5.83. The molecule has 1 saturated heterocycles. The molecule has 1 aliphatic rings. The smallest absolute Gasteiger partial charge is 0.227 e. The minimum absolute atomic E-state index is 0.173. The van der Waals surface area contributed by atoms with Crippen molar-refractivity contribution in [1.29, 1.82) is 0 Å². The average Bonchev–Trinajstić information content (AvgIpc) is 3.19. The molecule has 0 spiro atoms. The highest BCUT2D eigenvalue weighted by Gasteiger charge is 2.44. The van der Waals surface area contributed by atoms with Crippen LogP contribution in [0.25, 0.3) is 11.1 Å². The van der Waals surface area contributed by atoms with Crippen molar-refractivity contribution in [3.8, 4) is 11.1 Å². The summed E-state index contributed by atoms with van der Waals surface area (Å²) < 4.78 is 0. The van der Waals surface area contributed by atoms with E-state index in [9.17, 15) is 4.79 Å². The Morgan fingerprint density at radius 2 is 1.83 bits per heavy atom. The van der Waals surface area contributed by atoms with Crippen LogP contribution in [0.1, 0.15) is 24.5 Å². The van der Waals surface area contributed by atoms with Crippen molar-refractivity contribution in [1.82, 2.24) is 15.2 Å². The van der Waals surface area contributed by atoms with E-state index >= 15 is 0 Å². The van der Waals surface area contributed by atoms with Crippen molar-refractivity contribution in [2.45, 2.75) is 26.3 Å². The van der Waals surface area contributed by atoms with Crippen LogP contribution in [0.15, 0.2) is 79.1 Å². The van der Waals surface area contributed by atoms with E-state index < -0.39 is 5.41 Å². The fourth-order valence-electron chi connectivity index (χ4n) is 4.48. The van der Waals surface area contributed by atoms with Crippen LogP contribution < -0.4 is 5.32 Å². The van der Waals surface area contributed by atoms with Gasteiger partial charge in [-0.1, -0.05) is 60.7 Å². The fourth-order valence-corrected chi connectivity index (χ4v) is 4.48. The Morgan fingerprint density at radius 3 is 2.60 bits per heavy atom. The van der Waals surface area contributed by atoms with Gasteiger partial charge in [-0.25, -0.2) is 0 Å². The largest absolute Gasteiger partial charge is 0.356 e. The molecule has 1 N–H and O–H groups in total. The van der Waals surface area contributed by atoms with Crippen LogP contribution in [0.5, 0.6) is 0 Å². The SMILES string of the molecule is CCNC(=O)C1(Cc2cccc(-c3cccnc3)c2)CCN(Cc2ccccc2)C1. The standard InChI is InChI=1S/C26H29N3O/c1-2-28-25(30)26(13-15-29(20-26)19-21-8-4-3-5-9-21)17-22-10-6-11-23(16-22)24-12-7-14-27-18-24/h3-12,14,16,18H,2,13,15,17,19-20H2,1H3,(H,28,30). The zero-order chi connectivity index (χ0) is 20.8. The van der Waals surface area contributed by atoms with Gasteiger partial charge in [0.1, 0.15) is 0 Å². The molecule has 3 aromatic rings. The highest BCUT2D eigenvalue weighted by Crippen LogP contribution is 2.36. The van der Waals surface area contributed by atoms with Gasteiger partial charge in [0.05, 0.1) is 5.41 Å². The molecule has 1 amide bonds. The molecule has 4 rings (SSSR count). The van der Waals surface area contributed by atoms with E-state index in [1.807, 2.05) is 25.3 Å². The van der Waals surface area contributed by atoms with Crippen LogP contribution in [0.2, 0.25) is 0 Å². The number of likely N-dealkylation sites (tertiary alicyclic amines) is 1. The lowest BCUT2D eigenvalue weighted by Gasteiger charge is -2.28. The first-order chi connectivity index (χ1) is 14.7. The molecule has 1 aliphatic heterocycles. The van der Waals surface area contributed by atoms with Gasteiger partial charge >= 0.3 is 0 Å². The van der Waals surface area contributed by atoms with Gasteiger partial charge in [0.15, 0.2) is 0 Å². The molecule has 0 bridgehead atoms. The second kappa shape index (κ2) is 9.23. The molecular formula is C26H29N3O. The Kier molecular flexibility index (Phi) is 6.24. The Hall–Kier alpha value is -2.98. The molecule has 1 atom stereocenters. The topological polar surface area (TPSA) is 45.2 Å². The summed E-state index contributed by atoms with van der Waals surface area (Å²) in [5.41, 5.74) is 4.35. The van der Waals surface area contributed by atoms with Gasteiger partial charge in [0.25, 0.3) is 0 Å². The molecule has 30 heavy (non-hydrogen) atoms. The van der Waals surface area contributed by atoms with Gasteiger partial charge in [-0.05, 0) is 54.6 Å². The summed E-state index contributed by atoms with van der Waals surface area (Å²) in [7, 11) is 0. The molecule has 2 aromatic carbocycles. The number of carbonyl (C=O) groups excluding carboxylic acids is 1. The second-order valence-electron chi connectivity index (χ2n) is 8.20. The van der Waals surface area contributed by atoms with Crippen molar-refractivity contribution in [2.75, 3.05) is 19.6 Å². The molecule has 0 radical (unpaired) electrons. The summed E-state index contributed by atoms with van der Waals surface area (Å²) in [4.78, 5) is 19.8. The molecule has 1 aromatic heterocycles. The molecule has 1 unspecified atom stereocenters. The Balaban J connectivity index is 1.56. The third-order valence-corrected chi connectivity index (χ3v) is 5.97. The van der Waals surface area contributed by atoms with Crippen LogP contribution in [-0.2, 0) is 17.8 Å². The van der Waals surface area contributed by atoms with E-state index in [1.54, 1.807) is 6.20 Å². The number of hydrogen-bond donors (Lipinski definition) is 1. The normalized spacial score (nSPS) is 19.0. The molecule has 0 aliphatic carbocycles. The zero-order valence-corrected chi connectivity index (χ0v) is 17.6. The van der Waals surface area contributed by atoms with Crippen LogP contribution in [-0.4, -0.2) is 35.4 Å². The van der Waals surface area contributed by atoms with Crippen molar-refractivity contribution in [3.05, 3.63) is 90.3 Å². The van der Waals surface area contributed by atoms with Gasteiger partial charge in [0.2, 0.25) is 5.91 Å². The maximum Gasteiger partial charge on any atom is 0.227 e. The van der Waals surface area contributed by atoms with Gasteiger partial charge < -0.3 is 5.32 Å². The molecular weight excluding hydrogens is 370 g/mol. The van der Waals surface area contributed by atoms with Crippen LogP contribution in [0.4, 0.5) is 0 Å². The van der Waals surface area contributed by atoms with Crippen molar-refractivity contribution >= 4 is 5.91 Å². The number of rotatable bonds is 7. The first-order valence-electron chi connectivity index (χ1n) is 10.7. The average molecular weight is 400 g/mol. The van der Waals surface area contributed by atoms with E-state index in [0.29, 0.717) is 6.54 Å². The number of amides is 1. The summed E-state index contributed by atoms with van der Waals surface area (Å²) in [5, 5.41) is 3.10. The van der Waals surface area contributed by atoms with Gasteiger partial charge in [-0.15, -0.1) is 0 Å². The number of hydrogen-bond acceptors (Lipinski definition) is 3. The lowest BCUT2D eigenvalue weighted by atomic mass is 9.79. The van der Waals surface area contributed by atoms with Gasteiger partial charge in [0, 0.05) is 32.0 Å². The van der Waals surface area contributed by atoms with E-state index in [0.717, 1.165) is 43.6 Å². The molecule has 4 heteroatoms. The minimum Gasteiger partial charge on any atom is -0.356 e. The van der Waals surface area contributed by atoms with Gasteiger partial charge in [-0.2, -0.15) is 0 Å². The van der Waals surface area contributed by atoms with E-state index in [1.165, 1.54) is 11.1 Å². The number of carbonyl (C=O) groups is 1. The Labute approximate surface area is 179 Å². The summed E-state index contributed by atoms with van der Waals surface area (Å²) in [6, 6.07) is 23.1. The molecule has 0 saturated carbocycles. The fraction of sp³-hybridized carbons (Fsp3) is 0.308. The quantitative estimate of drug-likeness (QED) is 0.644. The maximum atomic E-state index is 13.2. The van der Waals surface area contributed by atoms with Crippen LogP contribution >= 0.6 is 0 Å². The van der Waals surface area contributed by atoms with Crippen molar-refractivity contribution < 1.29 is 4.79 Å². The lowest BCUT2D eigenvalue weighted by Crippen LogP contribution is -2.44. The maximum absolute atomic E-state index is 13.2. The van der Waals surface area contributed by atoms with Crippen molar-refractivity contribution in [2.24, 2.45) is 5.41 Å². The molecule has 4 nitrogen and oxygen atoms in total. The van der Waals surface area contributed by atoms with E-state index in [2.05, 4.69) is 69.8 Å². The first-order valence-corrected chi connectivity index (χ1v) is 10.7. The zero-order valence-electron chi connectivity index (χ0n) is 17.6. The van der Waals surface area contributed by atoms with Gasteiger partial charge in [-0.3, -0.25) is 14.7 Å². The third kappa shape index (κ3) is 4.60. The highest BCUT2D eigenvalue weighted by atomic mass is 16.2. The number of benzene rings is 2. The molecule has 154 valence electrons. The number of aromatic nitrogens is 1. The minimum atomic E-state index is -0.391. The summed E-state index contributed by atoms with van der Waals surface area (Å²) in [5.74, 6) is 0.173. The Bertz CT molecular complexity index is 974. The second-order valence-corrected chi connectivity index (χ2v) is 8.20. The summed E-state index contributed by atoms with van der Waals surface area (Å²) >= 11 is 0. The summed E-state index contributed by atoms with van der Waals surface area (Å²) in [6.45, 7) is 5.26. The van der Waals surface area contributed by atoms with E-state index in [-0.39, 0.29) is 5.91 Å². The van der Waals surface area contributed by atoms with Crippen molar-refractivity contribution in [3.63, 3.8) is 0 Å². The number of nitrogens with one attached hydrogen (secondary N) is 1. The van der Waals surface area contributed by atoms with Crippen LogP contribution in [0.3, 0.4) is 0 Å². The molecule has 1 fully saturated rings. The Morgan fingerprint density at radius 1 is 1.03 bits per heavy atom. The number of pyridine rings is 1. The summed E-state index contributed by atoms with van der Waals surface area (Å²) in [6.07, 6.45) is 5.30. The lowest BCUT2D eigenvalue weighted by molar-refractivity contribution is -0.130.